The van der Waals surface area contributed by atoms with Gasteiger partial charge in [-0.3, -0.25) is 4.79 Å². The van der Waals surface area contributed by atoms with Gasteiger partial charge in [-0.15, -0.1) is 0 Å². The van der Waals surface area contributed by atoms with E-state index in [1.54, 1.807) is 7.11 Å². The van der Waals surface area contributed by atoms with E-state index >= 15 is 0 Å². The van der Waals surface area contributed by atoms with Crippen molar-refractivity contribution in [3.8, 4) is 0 Å². The van der Waals surface area contributed by atoms with Crippen molar-refractivity contribution in [3.05, 3.63) is 35.4 Å². The molecule has 5 heteroatoms. The fourth-order valence-corrected chi connectivity index (χ4v) is 2.66. The van der Waals surface area contributed by atoms with Gasteiger partial charge in [0.1, 0.15) is 17.7 Å². The molecular weight excluding hydrogens is 266 g/mol. The highest BCUT2D eigenvalue weighted by molar-refractivity contribution is 5.77. The highest BCUT2D eigenvalue weighted by atomic mass is 19.1. The number of ether oxygens (including phenoxy) is 2. The molecule has 0 aliphatic heterocycles. The van der Waals surface area contributed by atoms with Gasteiger partial charge >= 0.3 is 5.97 Å². The lowest BCUT2D eigenvalue weighted by molar-refractivity contribution is -0.162. The van der Waals surface area contributed by atoms with Crippen LogP contribution in [0.1, 0.15) is 30.7 Å². The molecule has 0 N–H and O–H groups in total. The van der Waals surface area contributed by atoms with Gasteiger partial charge in [-0.1, -0.05) is 0 Å². The highest BCUT2D eigenvalue weighted by Crippen LogP contribution is 2.49. The van der Waals surface area contributed by atoms with E-state index in [0.717, 1.165) is 18.2 Å². The van der Waals surface area contributed by atoms with Gasteiger partial charge in [0.25, 0.3) is 0 Å². The summed E-state index contributed by atoms with van der Waals surface area (Å²) < 4.78 is 37.2. The van der Waals surface area contributed by atoms with Crippen LogP contribution in [0, 0.1) is 17.6 Å². The van der Waals surface area contributed by atoms with Crippen LogP contribution in [0.4, 0.5) is 8.78 Å². The molecule has 2 fully saturated rings. The minimum absolute atomic E-state index is 0.0916. The maximum atomic E-state index is 13.6. The van der Waals surface area contributed by atoms with Crippen LogP contribution in [0.2, 0.25) is 0 Å². The summed E-state index contributed by atoms with van der Waals surface area (Å²) in [5.74, 6) is -1.85. The third-order valence-corrected chi connectivity index (χ3v) is 4.12. The summed E-state index contributed by atoms with van der Waals surface area (Å²) in [6, 6.07) is 3.34. The lowest BCUT2D eigenvalue weighted by Crippen LogP contribution is -2.38. The van der Waals surface area contributed by atoms with Gasteiger partial charge in [-0.05, 0) is 30.2 Å². The van der Waals surface area contributed by atoms with E-state index < -0.39 is 11.6 Å². The first-order valence-electron chi connectivity index (χ1n) is 6.76. The van der Waals surface area contributed by atoms with Crippen LogP contribution in [0.5, 0.6) is 0 Å². The molecular formula is C15H16F2O3. The van der Waals surface area contributed by atoms with Gasteiger partial charge < -0.3 is 9.47 Å². The number of benzene rings is 1. The molecule has 0 aromatic heterocycles. The molecule has 0 amide bonds. The number of esters is 1. The standard InChI is InChI=1S/C15H16F2O3/c1-19-9-5-10(6-9)20-15(18)13-7-11(13)12-4-8(16)2-3-14(12)17/h2-4,9-11,13H,5-7H2,1H3/t9?,10?,11-,13-/m1/s1. The van der Waals surface area contributed by atoms with E-state index in [1.165, 1.54) is 0 Å². The molecule has 0 radical (unpaired) electrons. The van der Waals surface area contributed by atoms with Crippen LogP contribution in [0.25, 0.3) is 0 Å². The molecule has 0 heterocycles. The van der Waals surface area contributed by atoms with Crippen molar-refractivity contribution in [1.29, 1.82) is 0 Å². The van der Waals surface area contributed by atoms with Crippen LogP contribution in [0.3, 0.4) is 0 Å². The van der Waals surface area contributed by atoms with Crippen LogP contribution >= 0.6 is 0 Å². The van der Waals surface area contributed by atoms with Crippen molar-refractivity contribution in [1.82, 2.24) is 0 Å². The van der Waals surface area contributed by atoms with Gasteiger partial charge in [0.15, 0.2) is 0 Å². The molecule has 0 bridgehead atoms. The second-order valence-corrected chi connectivity index (χ2v) is 5.50. The average molecular weight is 282 g/mol. The number of hydrogen-bond acceptors (Lipinski definition) is 3. The Labute approximate surface area is 115 Å². The van der Waals surface area contributed by atoms with Gasteiger partial charge in [0, 0.05) is 25.9 Å². The minimum atomic E-state index is -0.484. The number of carbonyl (C=O) groups excluding carboxylic acids is 1. The summed E-state index contributed by atoms with van der Waals surface area (Å²) in [7, 11) is 1.63. The first-order chi connectivity index (χ1) is 9.58. The Kier molecular flexibility index (Phi) is 3.46. The molecule has 2 atom stereocenters. The van der Waals surface area contributed by atoms with E-state index in [0.29, 0.717) is 19.3 Å². The normalized spacial score (nSPS) is 31.6. The number of rotatable bonds is 4. The monoisotopic (exact) mass is 282 g/mol. The van der Waals surface area contributed by atoms with E-state index in [1.807, 2.05) is 0 Å². The Balaban J connectivity index is 1.56. The molecule has 2 aliphatic rings. The molecule has 108 valence electrons. The van der Waals surface area contributed by atoms with Crippen molar-refractivity contribution in [2.24, 2.45) is 5.92 Å². The molecule has 1 aromatic carbocycles. The van der Waals surface area contributed by atoms with Crippen molar-refractivity contribution in [3.63, 3.8) is 0 Å². The van der Waals surface area contributed by atoms with E-state index in [4.69, 9.17) is 9.47 Å². The fraction of sp³-hybridized carbons (Fsp3) is 0.533. The third kappa shape index (κ3) is 2.54. The zero-order valence-corrected chi connectivity index (χ0v) is 11.1. The summed E-state index contributed by atoms with van der Waals surface area (Å²) in [5, 5.41) is 0. The second-order valence-electron chi connectivity index (χ2n) is 5.50. The SMILES string of the molecule is COC1CC(OC(=O)[C@@H]2C[C@@H]2c2cc(F)ccc2F)C1. The first kappa shape index (κ1) is 13.5. The van der Waals surface area contributed by atoms with Crippen LogP contribution in [-0.2, 0) is 14.3 Å². The fourth-order valence-electron chi connectivity index (χ4n) is 2.66. The Bertz CT molecular complexity index is 526. The largest absolute Gasteiger partial charge is 0.462 e. The van der Waals surface area contributed by atoms with Crippen molar-refractivity contribution in [2.45, 2.75) is 37.4 Å². The molecule has 3 nitrogen and oxygen atoms in total. The Morgan fingerprint density at radius 2 is 1.95 bits per heavy atom. The maximum Gasteiger partial charge on any atom is 0.309 e. The number of methoxy groups -OCH3 is 1. The second kappa shape index (κ2) is 5.13. The Morgan fingerprint density at radius 3 is 2.65 bits per heavy atom. The van der Waals surface area contributed by atoms with E-state index in [-0.39, 0.29) is 35.6 Å². The molecule has 0 spiro atoms. The van der Waals surface area contributed by atoms with Crippen LogP contribution in [0.15, 0.2) is 18.2 Å². The zero-order chi connectivity index (χ0) is 14.3. The molecule has 0 saturated heterocycles. The summed E-state index contributed by atoms with van der Waals surface area (Å²) in [4.78, 5) is 11.9. The summed E-state index contributed by atoms with van der Waals surface area (Å²) >= 11 is 0. The number of hydrogen-bond donors (Lipinski definition) is 0. The molecule has 3 rings (SSSR count). The lowest BCUT2D eigenvalue weighted by Gasteiger charge is -2.33. The van der Waals surface area contributed by atoms with Gasteiger partial charge in [-0.25, -0.2) is 8.78 Å². The predicted molar refractivity (Wildman–Crippen MR) is 67.1 cm³/mol. The zero-order valence-electron chi connectivity index (χ0n) is 11.1. The van der Waals surface area contributed by atoms with Crippen molar-refractivity contribution < 1.29 is 23.0 Å². The van der Waals surface area contributed by atoms with Crippen molar-refractivity contribution >= 4 is 5.97 Å². The average Bonchev–Trinajstić information content (AvgIpc) is 3.16. The maximum absolute atomic E-state index is 13.6. The Hall–Kier alpha value is -1.49. The molecule has 0 unspecified atom stereocenters. The highest BCUT2D eigenvalue weighted by Gasteiger charge is 2.48. The summed E-state index contributed by atoms with van der Waals surface area (Å²) in [5.41, 5.74) is 0.273. The van der Waals surface area contributed by atoms with Crippen LogP contribution < -0.4 is 0 Å². The molecule has 20 heavy (non-hydrogen) atoms. The van der Waals surface area contributed by atoms with E-state index in [2.05, 4.69) is 0 Å². The first-order valence-corrected chi connectivity index (χ1v) is 6.76. The Morgan fingerprint density at radius 1 is 1.20 bits per heavy atom. The van der Waals surface area contributed by atoms with Gasteiger partial charge in [0.2, 0.25) is 0 Å². The molecule has 2 aliphatic carbocycles. The molecule has 1 aromatic rings. The predicted octanol–water partition coefficient (Wildman–Crippen LogP) is 2.79. The third-order valence-electron chi connectivity index (χ3n) is 4.12. The topological polar surface area (TPSA) is 35.5 Å². The number of carbonyl (C=O) groups is 1. The number of halogens is 2. The molecule has 2 saturated carbocycles. The summed E-state index contributed by atoms with van der Waals surface area (Å²) in [6.07, 6.45) is 2.04. The smallest absolute Gasteiger partial charge is 0.309 e. The quantitative estimate of drug-likeness (QED) is 0.797. The van der Waals surface area contributed by atoms with E-state index in [9.17, 15) is 13.6 Å². The van der Waals surface area contributed by atoms with Gasteiger partial charge in [-0.2, -0.15) is 0 Å². The van der Waals surface area contributed by atoms with Crippen LogP contribution in [-0.4, -0.2) is 25.3 Å². The lowest BCUT2D eigenvalue weighted by atomic mass is 9.92. The minimum Gasteiger partial charge on any atom is -0.462 e. The van der Waals surface area contributed by atoms with Gasteiger partial charge in [0.05, 0.1) is 12.0 Å². The summed E-state index contributed by atoms with van der Waals surface area (Å²) in [6.45, 7) is 0. The van der Waals surface area contributed by atoms with Crippen molar-refractivity contribution in [2.75, 3.05) is 7.11 Å².